The molecular formula is C35H39N7O5S. The first-order valence-corrected chi connectivity index (χ1v) is 17.6. The molecule has 1 amide bonds. The van der Waals surface area contributed by atoms with Crippen molar-refractivity contribution in [2.24, 2.45) is 20.0 Å². The first-order valence-electron chi connectivity index (χ1n) is 16.2. The molecule has 2 aliphatic rings. The maximum Gasteiger partial charge on any atom is 0.262 e. The fraction of sp³-hybridized carbons (Fsp3) is 0.371. The second-order valence-corrected chi connectivity index (χ2v) is 15.0. The van der Waals surface area contributed by atoms with Crippen molar-refractivity contribution < 1.29 is 18.3 Å². The Labute approximate surface area is 278 Å². The number of rotatable bonds is 7. The molecule has 2 aliphatic heterocycles. The van der Waals surface area contributed by atoms with Crippen molar-refractivity contribution in [3.8, 4) is 11.3 Å². The van der Waals surface area contributed by atoms with Gasteiger partial charge in [0.25, 0.3) is 5.56 Å². The lowest BCUT2D eigenvalue weighted by molar-refractivity contribution is -0.142. The Hall–Kier alpha value is -4.59. The van der Waals surface area contributed by atoms with E-state index in [0.717, 1.165) is 16.8 Å². The van der Waals surface area contributed by atoms with Crippen LogP contribution < -0.4 is 5.56 Å². The lowest BCUT2D eigenvalue weighted by Gasteiger charge is -2.43. The van der Waals surface area contributed by atoms with Crippen LogP contribution in [-0.4, -0.2) is 84.3 Å². The van der Waals surface area contributed by atoms with Crippen LogP contribution >= 0.6 is 0 Å². The Bertz CT molecular complexity index is 2130. The topological polar surface area (TPSA) is 136 Å². The molecule has 0 radical (unpaired) electrons. The Morgan fingerprint density at radius 3 is 2.50 bits per heavy atom. The fourth-order valence-electron chi connectivity index (χ4n) is 7.24. The number of hydrogen-bond acceptors (Lipinski definition) is 7. The van der Waals surface area contributed by atoms with E-state index < -0.39 is 21.5 Å². The molecule has 0 bridgehead atoms. The third-order valence-electron chi connectivity index (χ3n) is 10.0. The van der Waals surface area contributed by atoms with Gasteiger partial charge in [-0.15, -0.1) is 0 Å². The van der Waals surface area contributed by atoms with E-state index in [9.17, 15) is 23.1 Å². The number of piperidine rings is 2. The van der Waals surface area contributed by atoms with E-state index >= 15 is 0 Å². The average Bonchev–Trinajstić information content (AvgIpc) is 3.71. The molecule has 5 aromatic rings. The molecule has 0 aliphatic carbocycles. The SMILES string of the molecule is Cn1nccc1-c1cccc(S(=O)(=O)N2CC[C@@H](C(=O)N3CCC(O)(Cn4cnc5c(ccn5C)c4=O)CC3)[C@H](c3ccccc3)C2)c1. The Morgan fingerprint density at radius 2 is 1.77 bits per heavy atom. The average molecular weight is 670 g/mol. The summed E-state index contributed by atoms with van der Waals surface area (Å²) in [6.07, 6.45) is 5.93. The highest BCUT2D eigenvalue weighted by atomic mass is 32.2. The number of fused-ring (bicyclic) bond motifs is 1. The number of carbonyl (C=O) groups excluding carboxylic acids is 1. The molecule has 7 rings (SSSR count). The molecule has 0 spiro atoms. The summed E-state index contributed by atoms with van der Waals surface area (Å²) in [7, 11) is -0.212. The van der Waals surface area contributed by atoms with Crippen molar-refractivity contribution >= 4 is 27.0 Å². The molecule has 48 heavy (non-hydrogen) atoms. The normalized spacial score (nSPS) is 20.3. The van der Waals surface area contributed by atoms with Crippen molar-refractivity contribution in [3.05, 3.63) is 101 Å². The summed E-state index contributed by atoms with van der Waals surface area (Å²) in [5, 5.41) is 16.2. The third kappa shape index (κ3) is 5.86. The lowest BCUT2D eigenvalue weighted by atomic mass is 9.80. The van der Waals surface area contributed by atoms with Gasteiger partial charge in [0.05, 0.1) is 28.1 Å². The van der Waals surface area contributed by atoms with E-state index in [1.54, 1.807) is 50.8 Å². The molecule has 250 valence electrons. The maximum atomic E-state index is 14.1. The summed E-state index contributed by atoms with van der Waals surface area (Å²) in [5.74, 6) is -0.797. The van der Waals surface area contributed by atoms with Crippen molar-refractivity contribution in [2.45, 2.75) is 42.2 Å². The van der Waals surface area contributed by atoms with Crippen LogP contribution in [0.3, 0.4) is 0 Å². The summed E-state index contributed by atoms with van der Waals surface area (Å²) in [5.41, 5.74) is 1.71. The van der Waals surface area contributed by atoms with Crippen LogP contribution in [0, 0.1) is 5.92 Å². The summed E-state index contributed by atoms with van der Waals surface area (Å²) in [6, 6.07) is 20.1. The van der Waals surface area contributed by atoms with Gasteiger partial charge in [0.1, 0.15) is 12.0 Å². The molecular weight excluding hydrogens is 630 g/mol. The van der Waals surface area contributed by atoms with Gasteiger partial charge in [-0.25, -0.2) is 13.4 Å². The van der Waals surface area contributed by atoms with Crippen LogP contribution in [0.1, 0.15) is 30.7 Å². The molecule has 2 atom stereocenters. The second kappa shape index (κ2) is 12.5. The molecule has 0 unspecified atom stereocenters. The van der Waals surface area contributed by atoms with Crippen molar-refractivity contribution in [3.63, 3.8) is 0 Å². The zero-order chi connectivity index (χ0) is 33.6. The molecule has 2 aromatic carbocycles. The minimum atomic E-state index is -3.85. The summed E-state index contributed by atoms with van der Waals surface area (Å²) in [6.45, 7) is 1.16. The van der Waals surface area contributed by atoms with E-state index in [2.05, 4.69) is 10.1 Å². The van der Waals surface area contributed by atoms with Crippen LogP contribution in [0.4, 0.5) is 0 Å². The number of aliphatic hydroxyl groups is 1. The summed E-state index contributed by atoms with van der Waals surface area (Å²) >= 11 is 0. The van der Waals surface area contributed by atoms with Gasteiger partial charge in [0.15, 0.2) is 0 Å². The largest absolute Gasteiger partial charge is 0.388 e. The number of sulfonamides is 1. The predicted molar refractivity (Wildman–Crippen MR) is 180 cm³/mol. The quantitative estimate of drug-likeness (QED) is 0.282. The van der Waals surface area contributed by atoms with Crippen LogP contribution in [0.25, 0.3) is 22.3 Å². The second-order valence-electron chi connectivity index (χ2n) is 13.0. The zero-order valence-electron chi connectivity index (χ0n) is 27.0. The molecule has 3 aromatic heterocycles. The standard InChI is InChI=1S/C35H39N7O5S/c1-38-17-12-29-32(38)36-24-41(34(29)44)23-35(45)14-19-40(20-15-35)33(43)28-13-18-42(22-30(28)25-7-4-3-5-8-25)48(46,47)27-10-6-9-26(21-27)31-11-16-37-39(31)2/h3-12,16-17,21,24,28,30,45H,13-15,18-20,22-23H2,1-2H3/t28-,30+/m1/s1. The van der Waals surface area contributed by atoms with E-state index in [4.69, 9.17) is 0 Å². The molecule has 0 saturated carbocycles. The minimum absolute atomic E-state index is 0.0364. The lowest BCUT2D eigenvalue weighted by Crippen LogP contribution is -2.53. The monoisotopic (exact) mass is 669 g/mol. The first kappa shape index (κ1) is 32.0. The van der Waals surface area contributed by atoms with Gasteiger partial charge in [-0.3, -0.25) is 18.8 Å². The molecule has 13 heteroatoms. The number of hydrogen-bond donors (Lipinski definition) is 1. The maximum absolute atomic E-state index is 14.1. The highest BCUT2D eigenvalue weighted by Gasteiger charge is 2.43. The van der Waals surface area contributed by atoms with Crippen LogP contribution in [0.2, 0.25) is 0 Å². The summed E-state index contributed by atoms with van der Waals surface area (Å²) in [4.78, 5) is 33.6. The molecule has 2 saturated heterocycles. The fourth-order valence-corrected chi connectivity index (χ4v) is 8.77. The van der Waals surface area contributed by atoms with E-state index in [1.165, 1.54) is 15.2 Å². The number of aromatic nitrogens is 5. The van der Waals surface area contributed by atoms with E-state index in [-0.39, 0.29) is 41.9 Å². The van der Waals surface area contributed by atoms with Crippen LogP contribution in [-0.2, 0) is 35.5 Å². The highest BCUT2D eigenvalue weighted by molar-refractivity contribution is 7.89. The minimum Gasteiger partial charge on any atom is -0.388 e. The van der Waals surface area contributed by atoms with Crippen LogP contribution in [0.5, 0.6) is 0 Å². The highest BCUT2D eigenvalue weighted by Crippen LogP contribution is 2.38. The van der Waals surface area contributed by atoms with Gasteiger partial charge in [-0.05, 0) is 49.1 Å². The number of aryl methyl sites for hydroxylation is 2. The van der Waals surface area contributed by atoms with Crippen molar-refractivity contribution in [1.29, 1.82) is 0 Å². The smallest absolute Gasteiger partial charge is 0.262 e. The van der Waals surface area contributed by atoms with Gasteiger partial charge < -0.3 is 14.6 Å². The van der Waals surface area contributed by atoms with Crippen LogP contribution in [0.15, 0.2) is 95.1 Å². The Morgan fingerprint density at radius 1 is 1.00 bits per heavy atom. The van der Waals surface area contributed by atoms with Gasteiger partial charge in [-0.1, -0.05) is 42.5 Å². The van der Waals surface area contributed by atoms with Gasteiger partial charge in [0, 0.05) is 70.1 Å². The predicted octanol–water partition coefficient (Wildman–Crippen LogP) is 2.98. The van der Waals surface area contributed by atoms with Gasteiger partial charge in [0.2, 0.25) is 15.9 Å². The molecule has 2 fully saturated rings. The third-order valence-corrected chi connectivity index (χ3v) is 11.9. The Kier molecular flexibility index (Phi) is 8.30. The number of benzene rings is 2. The van der Waals surface area contributed by atoms with Gasteiger partial charge in [-0.2, -0.15) is 9.40 Å². The first-order chi connectivity index (χ1) is 23.0. The zero-order valence-corrected chi connectivity index (χ0v) is 27.8. The van der Waals surface area contributed by atoms with Crippen molar-refractivity contribution in [1.82, 2.24) is 33.1 Å². The number of nitrogens with zero attached hydrogens (tertiary/aromatic N) is 7. The molecule has 1 N–H and O–H groups in total. The van der Waals surface area contributed by atoms with Gasteiger partial charge >= 0.3 is 0 Å². The summed E-state index contributed by atoms with van der Waals surface area (Å²) < 4.78 is 34.5. The van der Waals surface area contributed by atoms with E-state index in [0.29, 0.717) is 43.4 Å². The number of carbonyl (C=O) groups is 1. The number of amides is 1. The number of likely N-dealkylation sites (tertiary alicyclic amines) is 1. The van der Waals surface area contributed by atoms with E-state index in [1.807, 2.05) is 56.6 Å². The van der Waals surface area contributed by atoms with Crippen molar-refractivity contribution in [2.75, 3.05) is 26.2 Å². The molecule has 5 heterocycles. The Balaban J connectivity index is 1.07. The molecule has 12 nitrogen and oxygen atoms in total.